The third-order valence-electron chi connectivity index (χ3n) is 1.90. The van der Waals surface area contributed by atoms with Gasteiger partial charge in [0.2, 0.25) is 16.3 Å². The lowest BCUT2D eigenvalue weighted by Gasteiger charge is -2.49. The molecular formula is C6HCl14O3S-. The minimum Gasteiger partial charge on any atom is -0.750 e. The SMILES string of the molecule is ClC(Cl)(Cl)C(Cl)(Cl)C(Cl)(Cl)C(Cl)(Cl)C(Cl)(Cl)C(Cl)(Cl)Cl.O=S([O-])O. The molecule has 0 radical (unpaired) electrons. The summed E-state index contributed by atoms with van der Waals surface area (Å²) in [6.45, 7) is 0. The van der Waals surface area contributed by atoms with Crippen LogP contribution in [0.1, 0.15) is 0 Å². The van der Waals surface area contributed by atoms with Crippen molar-refractivity contribution in [1.82, 2.24) is 0 Å². The Kier molecular flexibility index (Phi) is 12.6. The van der Waals surface area contributed by atoms with E-state index in [1.54, 1.807) is 0 Å². The fraction of sp³-hybridized carbons (Fsp3) is 1.00. The van der Waals surface area contributed by atoms with Gasteiger partial charge in [0.25, 0.3) is 0 Å². The van der Waals surface area contributed by atoms with Gasteiger partial charge in [-0.1, -0.05) is 162 Å². The Labute approximate surface area is 209 Å². The molecule has 24 heavy (non-hydrogen) atoms. The van der Waals surface area contributed by atoms with Crippen molar-refractivity contribution >= 4 is 174 Å². The first-order valence-corrected chi connectivity index (χ1v) is 10.7. The van der Waals surface area contributed by atoms with Crippen molar-refractivity contribution in [1.29, 1.82) is 0 Å². The molecule has 0 rings (SSSR count). The molecule has 0 aliphatic heterocycles. The topological polar surface area (TPSA) is 60.4 Å². The van der Waals surface area contributed by atoms with Crippen LogP contribution in [0.25, 0.3) is 0 Å². The first-order valence-electron chi connectivity index (χ1n) is 4.41. The van der Waals surface area contributed by atoms with Crippen LogP contribution < -0.4 is 0 Å². The lowest BCUT2D eigenvalue weighted by atomic mass is 10.1. The summed E-state index contributed by atoms with van der Waals surface area (Å²) in [5.74, 6) is 0. The monoisotopic (exact) mass is 643 g/mol. The predicted octanol–water partition coefficient (Wildman–Crippen LogP) is 7.76. The molecule has 0 bridgehead atoms. The zero-order valence-corrected chi connectivity index (χ0v) is 21.4. The van der Waals surface area contributed by atoms with Crippen molar-refractivity contribution in [2.45, 2.75) is 24.9 Å². The Bertz CT molecular complexity index is 410. The maximum Gasteiger partial charge on any atom is 0.226 e. The molecule has 0 saturated heterocycles. The van der Waals surface area contributed by atoms with Crippen LogP contribution in [0.3, 0.4) is 0 Å². The van der Waals surface area contributed by atoms with Gasteiger partial charge in [-0.05, 0) is 0 Å². The highest BCUT2D eigenvalue weighted by molar-refractivity contribution is 7.73. The van der Waals surface area contributed by atoms with E-state index in [1.165, 1.54) is 0 Å². The highest BCUT2D eigenvalue weighted by atomic mass is 35.6. The zero-order valence-electron chi connectivity index (χ0n) is 9.96. The van der Waals surface area contributed by atoms with Crippen LogP contribution in [0.15, 0.2) is 0 Å². The van der Waals surface area contributed by atoms with Crippen molar-refractivity contribution in [3.05, 3.63) is 0 Å². The number of rotatable bonds is 3. The lowest BCUT2D eigenvalue weighted by molar-refractivity contribution is 0.436. The molecule has 0 aromatic heterocycles. The lowest BCUT2D eigenvalue weighted by Crippen LogP contribution is -2.64. The molecule has 0 amide bonds. The van der Waals surface area contributed by atoms with Crippen LogP contribution in [0.2, 0.25) is 0 Å². The summed E-state index contributed by atoms with van der Waals surface area (Å²) in [6.07, 6.45) is 0. The third kappa shape index (κ3) is 6.84. The van der Waals surface area contributed by atoms with Gasteiger partial charge in [-0.2, -0.15) is 0 Å². The van der Waals surface area contributed by atoms with E-state index < -0.39 is 36.3 Å². The fourth-order valence-electron chi connectivity index (χ4n) is 0.750. The number of halogens is 14. The Balaban J connectivity index is 0. The second-order valence-electron chi connectivity index (χ2n) is 3.51. The highest BCUT2D eigenvalue weighted by Crippen LogP contribution is 2.69. The molecule has 0 heterocycles. The standard InChI is InChI=1S/C6Cl14.H2O3S/c7-1(8,3(11,12)5(15,16)17)2(9,10)4(13,14)6(18,19)20;1-4(2)3/h;(H2,1,2,3)/p-1. The van der Waals surface area contributed by atoms with Crippen molar-refractivity contribution in [2.24, 2.45) is 0 Å². The van der Waals surface area contributed by atoms with E-state index in [0.717, 1.165) is 0 Å². The van der Waals surface area contributed by atoms with E-state index in [2.05, 4.69) is 0 Å². The van der Waals surface area contributed by atoms with Gasteiger partial charge in [-0.25, -0.2) is 4.21 Å². The maximum absolute atomic E-state index is 8.56. The summed E-state index contributed by atoms with van der Waals surface area (Å²) < 4.78 is 8.61. The first-order chi connectivity index (χ1) is 9.98. The Morgan fingerprint density at radius 3 is 0.750 bits per heavy atom. The molecule has 0 aromatic carbocycles. The average Bonchev–Trinajstić information content (AvgIpc) is 2.23. The van der Waals surface area contributed by atoms with Crippen LogP contribution in [-0.2, 0) is 11.4 Å². The molecule has 0 aliphatic carbocycles. The summed E-state index contributed by atoms with van der Waals surface area (Å²) in [5.41, 5.74) is 0. The van der Waals surface area contributed by atoms with Crippen molar-refractivity contribution in [2.75, 3.05) is 0 Å². The normalized spacial score (nSPS) is 16.3. The molecule has 1 atom stereocenters. The molecule has 0 saturated carbocycles. The smallest absolute Gasteiger partial charge is 0.226 e. The average molecular weight is 649 g/mol. The molecule has 0 fully saturated rings. The van der Waals surface area contributed by atoms with Crippen molar-refractivity contribution < 1.29 is 13.3 Å². The molecule has 18 heteroatoms. The Morgan fingerprint density at radius 1 is 0.542 bits per heavy atom. The van der Waals surface area contributed by atoms with E-state index >= 15 is 0 Å². The quantitative estimate of drug-likeness (QED) is 0.251. The van der Waals surface area contributed by atoms with E-state index in [-0.39, 0.29) is 0 Å². The molecule has 0 aliphatic rings. The van der Waals surface area contributed by atoms with Gasteiger partial charge in [0.05, 0.1) is 11.4 Å². The van der Waals surface area contributed by atoms with E-state index in [9.17, 15) is 0 Å². The number of hydrogen-bond donors (Lipinski definition) is 1. The summed E-state index contributed by atoms with van der Waals surface area (Å²) in [5, 5.41) is 0. The van der Waals surface area contributed by atoms with Crippen LogP contribution in [0.4, 0.5) is 0 Å². The van der Waals surface area contributed by atoms with Gasteiger partial charge in [-0.15, -0.1) is 0 Å². The van der Waals surface area contributed by atoms with Crippen molar-refractivity contribution in [3.63, 3.8) is 0 Å². The van der Waals surface area contributed by atoms with Gasteiger partial charge in [0, 0.05) is 0 Å². The fourth-order valence-corrected chi connectivity index (χ4v) is 4.27. The molecular weight excluding hydrogens is 648 g/mol. The van der Waals surface area contributed by atoms with Crippen LogP contribution >= 0.6 is 162 Å². The molecule has 1 unspecified atom stereocenters. The highest BCUT2D eigenvalue weighted by Gasteiger charge is 2.76. The molecule has 3 nitrogen and oxygen atoms in total. The summed E-state index contributed by atoms with van der Waals surface area (Å²) >= 11 is 77.7. The molecule has 0 aromatic rings. The zero-order chi connectivity index (χ0) is 20.6. The van der Waals surface area contributed by atoms with Crippen LogP contribution in [0.5, 0.6) is 0 Å². The van der Waals surface area contributed by atoms with Gasteiger partial charge in [0.1, 0.15) is 0 Å². The van der Waals surface area contributed by atoms with Crippen LogP contribution in [0, 0.1) is 0 Å². The van der Waals surface area contributed by atoms with Gasteiger partial charge < -0.3 is 9.11 Å². The first kappa shape index (κ1) is 30.3. The van der Waals surface area contributed by atoms with Gasteiger partial charge in [0.15, 0.2) is 8.67 Å². The summed E-state index contributed by atoms with van der Waals surface area (Å²) in [7, 11) is 0. The van der Waals surface area contributed by atoms with Gasteiger partial charge >= 0.3 is 0 Å². The van der Waals surface area contributed by atoms with Gasteiger partial charge in [-0.3, -0.25) is 0 Å². The largest absolute Gasteiger partial charge is 0.750 e. The maximum atomic E-state index is 8.56. The number of alkyl halides is 14. The second kappa shape index (κ2) is 9.96. The summed E-state index contributed by atoms with van der Waals surface area (Å²) in [6, 6.07) is 0. The minimum atomic E-state index is -2.86. The van der Waals surface area contributed by atoms with Crippen LogP contribution in [-0.4, -0.2) is 38.2 Å². The second-order valence-corrected chi connectivity index (χ2v) is 13.8. The molecule has 148 valence electrons. The minimum absolute atomic E-state index is 2.45. The number of hydrogen-bond acceptors (Lipinski definition) is 2. The molecule has 1 N–H and O–H groups in total. The molecule has 0 spiro atoms. The van der Waals surface area contributed by atoms with E-state index in [1.807, 2.05) is 0 Å². The summed E-state index contributed by atoms with van der Waals surface area (Å²) in [4.78, 5) is 0. The third-order valence-corrected chi connectivity index (χ3v) is 10.5. The predicted molar refractivity (Wildman–Crippen MR) is 110 cm³/mol. The van der Waals surface area contributed by atoms with Crippen molar-refractivity contribution in [3.8, 4) is 0 Å². The van der Waals surface area contributed by atoms with E-state index in [0.29, 0.717) is 0 Å². The Hall–Kier alpha value is 4.13. The van der Waals surface area contributed by atoms with E-state index in [4.69, 9.17) is 176 Å². The Morgan fingerprint density at radius 2 is 0.667 bits per heavy atom.